The lowest BCUT2D eigenvalue weighted by molar-refractivity contribution is 0.0685. The number of rotatable bonds is 2. The van der Waals surface area contributed by atoms with Gasteiger partial charge in [0.05, 0.1) is 6.26 Å². The SMILES string of the molecule is Cc1coc2ccc(-c3nonc3C(=O)O)cc12. The van der Waals surface area contributed by atoms with Crippen molar-refractivity contribution in [2.75, 3.05) is 0 Å². The zero-order chi connectivity index (χ0) is 12.7. The highest BCUT2D eigenvalue weighted by Gasteiger charge is 2.19. The van der Waals surface area contributed by atoms with Crippen LogP contribution in [0.3, 0.4) is 0 Å². The van der Waals surface area contributed by atoms with Crippen LogP contribution in [0.2, 0.25) is 0 Å². The number of aromatic carboxylic acids is 1. The van der Waals surface area contributed by atoms with Crippen molar-refractivity contribution in [2.45, 2.75) is 6.92 Å². The Morgan fingerprint density at radius 3 is 2.94 bits per heavy atom. The van der Waals surface area contributed by atoms with Crippen molar-refractivity contribution in [2.24, 2.45) is 0 Å². The molecule has 18 heavy (non-hydrogen) atoms. The van der Waals surface area contributed by atoms with E-state index in [2.05, 4.69) is 14.9 Å². The van der Waals surface area contributed by atoms with Crippen LogP contribution in [-0.2, 0) is 0 Å². The number of aryl methyl sites for hydroxylation is 1. The van der Waals surface area contributed by atoms with Crippen molar-refractivity contribution >= 4 is 16.9 Å². The zero-order valence-electron chi connectivity index (χ0n) is 9.38. The van der Waals surface area contributed by atoms with Gasteiger partial charge in [0.1, 0.15) is 11.3 Å². The fraction of sp³-hybridized carbons (Fsp3) is 0.0833. The van der Waals surface area contributed by atoms with Gasteiger partial charge in [0.25, 0.3) is 0 Å². The van der Waals surface area contributed by atoms with Gasteiger partial charge in [-0.25, -0.2) is 9.42 Å². The second-order valence-corrected chi connectivity index (χ2v) is 3.90. The molecule has 1 N–H and O–H groups in total. The first-order valence-electron chi connectivity index (χ1n) is 5.21. The van der Waals surface area contributed by atoms with Crippen LogP contribution in [0.15, 0.2) is 33.5 Å². The van der Waals surface area contributed by atoms with E-state index < -0.39 is 5.97 Å². The number of aromatic nitrogens is 2. The van der Waals surface area contributed by atoms with E-state index >= 15 is 0 Å². The largest absolute Gasteiger partial charge is 0.476 e. The minimum Gasteiger partial charge on any atom is -0.476 e. The predicted octanol–water partition coefficient (Wildman–Crippen LogP) is 2.49. The molecule has 0 radical (unpaired) electrons. The van der Waals surface area contributed by atoms with Crippen LogP contribution in [-0.4, -0.2) is 21.4 Å². The molecule has 3 aromatic rings. The lowest BCUT2D eigenvalue weighted by atomic mass is 10.1. The number of hydrogen-bond donors (Lipinski definition) is 1. The van der Waals surface area contributed by atoms with Gasteiger partial charge in [0, 0.05) is 10.9 Å². The number of benzene rings is 1. The summed E-state index contributed by atoms with van der Waals surface area (Å²) in [4.78, 5) is 11.0. The smallest absolute Gasteiger partial charge is 0.360 e. The Bertz CT molecular complexity index is 741. The predicted molar refractivity (Wildman–Crippen MR) is 61.2 cm³/mol. The molecule has 90 valence electrons. The van der Waals surface area contributed by atoms with Gasteiger partial charge in [-0.3, -0.25) is 0 Å². The monoisotopic (exact) mass is 244 g/mol. The number of hydrogen-bond acceptors (Lipinski definition) is 5. The lowest BCUT2D eigenvalue weighted by Gasteiger charge is -1.97. The quantitative estimate of drug-likeness (QED) is 0.744. The van der Waals surface area contributed by atoms with E-state index in [1.54, 1.807) is 24.5 Å². The van der Waals surface area contributed by atoms with Crippen molar-refractivity contribution in [1.29, 1.82) is 0 Å². The van der Waals surface area contributed by atoms with Crippen LogP contribution in [0.1, 0.15) is 16.1 Å². The first kappa shape index (κ1) is 10.5. The molecular formula is C12H8N2O4. The van der Waals surface area contributed by atoms with Gasteiger partial charge >= 0.3 is 5.97 Å². The van der Waals surface area contributed by atoms with Crippen molar-refractivity contribution in [1.82, 2.24) is 10.3 Å². The van der Waals surface area contributed by atoms with Crippen LogP contribution < -0.4 is 0 Å². The van der Waals surface area contributed by atoms with E-state index in [0.717, 1.165) is 16.5 Å². The summed E-state index contributed by atoms with van der Waals surface area (Å²) in [5.41, 5.74) is 2.36. The molecule has 6 nitrogen and oxygen atoms in total. The molecule has 0 aliphatic carbocycles. The summed E-state index contributed by atoms with van der Waals surface area (Å²) >= 11 is 0. The first-order chi connectivity index (χ1) is 8.66. The molecule has 6 heteroatoms. The number of carboxylic acid groups (broad SMARTS) is 1. The summed E-state index contributed by atoms with van der Waals surface area (Å²) in [5.74, 6) is -1.17. The van der Waals surface area contributed by atoms with Crippen LogP contribution >= 0.6 is 0 Å². The van der Waals surface area contributed by atoms with Gasteiger partial charge < -0.3 is 9.52 Å². The highest BCUT2D eigenvalue weighted by molar-refractivity contribution is 5.94. The average Bonchev–Trinajstić information content (AvgIpc) is 2.96. The lowest BCUT2D eigenvalue weighted by Crippen LogP contribution is -1.98. The summed E-state index contributed by atoms with van der Waals surface area (Å²) in [6.45, 7) is 1.91. The summed E-state index contributed by atoms with van der Waals surface area (Å²) in [5, 5.41) is 16.9. The maximum Gasteiger partial charge on any atom is 0.360 e. The molecule has 2 heterocycles. The van der Waals surface area contributed by atoms with E-state index in [1.165, 1.54) is 0 Å². The highest BCUT2D eigenvalue weighted by atomic mass is 16.6. The summed E-state index contributed by atoms with van der Waals surface area (Å²) in [6.07, 6.45) is 1.65. The van der Waals surface area contributed by atoms with E-state index in [0.29, 0.717) is 5.56 Å². The van der Waals surface area contributed by atoms with Crippen LogP contribution in [0, 0.1) is 6.92 Å². The van der Waals surface area contributed by atoms with Crippen molar-refractivity contribution in [3.05, 3.63) is 35.7 Å². The Morgan fingerprint density at radius 1 is 1.33 bits per heavy atom. The minimum atomic E-state index is -1.17. The topological polar surface area (TPSA) is 89.4 Å². The molecule has 0 fully saturated rings. The molecule has 0 unspecified atom stereocenters. The molecule has 0 saturated heterocycles. The molecule has 0 bridgehead atoms. The van der Waals surface area contributed by atoms with Gasteiger partial charge in [0.2, 0.25) is 5.69 Å². The average molecular weight is 244 g/mol. The third kappa shape index (κ3) is 1.46. The third-order valence-corrected chi connectivity index (χ3v) is 2.73. The number of carbonyl (C=O) groups is 1. The normalized spacial score (nSPS) is 10.9. The third-order valence-electron chi connectivity index (χ3n) is 2.73. The molecule has 0 amide bonds. The molecule has 0 saturated carbocycles. The maximum atomic E-state index is 11.0. The van der Waals surface area contributed by atoms with Crippen molar-refractivity contribution < 1.29 is 18.9 Å². The standard InChI is InChI=1S/C12H8N2O4/c1-6-5-17-9-3-2-7(4-8(6)9)10-11(12(15)16)14-18-13-10/h2-5H,1H3,(H,15,16). The number of furan rings is 1. The van der Waals surface area contributed by atoms with Crippen LogP contribution in [0.5, 0.6) is 0 Å². The van der Waals surface area contributed by atoms with E-state index in [9.17, 15) is 4.79 Å². The minimum absolute atomic E-state index is 0.199. The second kappa shape index (κ2) is 3.69. The fourth-order valence-electron chi connectivity index (χ4n) is 1.82. The number of carboxylic acids is 1. The summed E-state index contributed by atoms with van der Waals surface area (Å²) in [6, 6.07) is 5.29. The van der Waals surface area contributed by atoms with Gasteiger partial charge in [-0.1, -0.05) is 0 Å². The molecule has 0 spiro atoms. The molecule has 0 atom stereocenters. The van der Waals surface area contributed by atoms with Crippen molar-refractivity contribution in [3.8, 4) is 11.3 Å². The van der Waals surface area contributed by atoms with E-state index in [4.69, 9.17) is 9.52 Å². The Hall–Kier alpha value is -2.63. The Morgan fingerprint density at radius 2 is 2.17 bits per heavy atom. The van der Waals surface area contributed by atoms with Crippen LogP contribution in [0.25, 0.3) is 22.2 Å². The molecule has 0 aliphatic rings. The Kier molecular flexibility index (Phi) is 2.16. The van der Waals surface area contributed by atoms with Gasteiger partial charge in [-0.2, -0.15) is 0 Å². The van der Waals surface area contributed by atoms with E-state index in [1.807, 2.05) is 6.92 Å². The fourth-order valence-corrected chi connectivity index (χ4v) is 1.82. The maximum absolute atomic E-state index is 11.0. The first-order valence-corrected chi connectivity index (χ1v) is 5.21. The van der Waals surface area contributed by atoms with Crippen LogP contribution in [0.4, 0.5) is 0 Å². The summed E-state index contributed by atoms with van der Waals surface area (Å²) < 4.78 is 9.80. The zero-order valence-corrected chi connectivity index (χ0v) is 9.38. The number of nitrogens with zero attached hydrogens (tertiary/aromatic N) is 2. The molecular weight excluding hydrogens is 236 g/mol. The van der Waals surface area contributed by atoms with Crippen molar-refractivity contribution in [3.63, 3.8) is 0 Å². The van der Waals surface area contributed by atoms with Gasteiger partial charge in [0.15, 0.2) is 0 Å². The Balaban J connectivity index is 2.22. The second-order valence-electron chi connectivity index (χ2n) is 3.90. The molecule has 1 aromatic carbocycles. The highest BCUT2D eigenvalue weighted by Crippen LogP contribution is 2.27. The van der Waals surface area contributed by atoms with Gasteiger partial charge in [-0.05, 0) is 41.0 Å². The van der Waals surface area contributed by atoms with E-state index in [-0.39, 0.29) is 11.4 Å². The molecule has 2 aromatic heterocycles. The Labute approximate surface area is 101 Å². The molecule has 0 aliphatic heterocycles. The number of fused-ring (bicyclic) bond motifs is 1. The summed E-state index contributed by atoms with van der Waals surface area (Å²) in [7, 11) is 0. The molecule has 3 rings (SSSR count). The van der Waals surface area contributed by atoms with Gasteiger partial charge in [-0.15, -0.1) is 0 Å².